The van der Waals surface area contributed by atoms with Crippen molar-refractivity contribution in [2.45, 2.75) is 19.3 Å². The minimum atomic E-state index is 0.116. The zero-order chi connectivity index (χ0) is 13.5. The molecule has 1 saturated carbocycles. The standard InChI is InChI=1S/C7H9ClN2.C6H7NO/c1-10(9)7-4-2-6(8)3-5-7;7-4-3-6(8)5-1-2-5/h2-5H,9H2,1H3;5H,1-3H2. The van der Waals surface area contributed by atoms with E-state index in [-0.39, 0.29) is 18.1 Å². The molecule has 0 heterocycles. The average Bonchev–Trinajstić information content (AvgIpc) is 3.14. The van der Waals surface area contributed by atoms with Gasteiger partial charge in [0.05, 0.1) is 18.2 Å². The second kappa shape index (κ2) is 7.00. The summed E-state index contributed by atoms with van der Waals surface area (Å²) >= 11 is 5.66. The maximum absolute atomic E-state index is 10.6. The second-order valence-corrected chi connectivity index (χ2v) is 4.60. The van der Waals surface area contributed by atoms with Crippen molar-refractivity contribution in [3.05, 3.63) is 29.3 Å². The van der Waals surface area contributed by atoms with Crippen molar-refractivity contribution in [2.75, 3.05) is 12.1 Å². The molecule has 2 N–H and O–H groups in total. The molecule has 0 aliphatic heterocycles. The number of nitrogens with two attached hydrogens (primary N) is 1. The van der Waals surface area contributed by atoms with Crippen LogP contribution in [0.5, 0.6) is 0 Å². The summed E-state index contributed by atoms with van der Waals surface area (Å²) in [7, 11) is 1.78. The van der Waals surface area contributed by atoms with Crippen molar-refractivity contribution >= 4 is 23.1 Å². The number of carbonyl (C=O) groups is 1. The van der Waals surface area contributed by atoms with Crippen LogP contribution in [0.4, 0.5) is 5.69 Å². The number of nitrogens with zero attached hydrogens (tertiary/aromatic N) is 2. The molecule has 1 aliphatic carbocycles. The van der Waals surface area contributed by atoms with Crippen LogP contribution in [0.15, 0.2) is 24.3 Å². The topological polar surface area (TPSA) is 70.1 Å². The Labute approximate surface area is 112 Å². The highest BCUT2D eigenvalue weighted by molar-refractivity contribution is 6.30. The SMILES string of the molecule is CN(N)c1ccc(Cl)cc1.N#CCC(=O)C1CC1. The third-order valence-electron chi connectivity index (χ3n) is 2.52. The fraction of sp³-hybridized carbons (Fsp3) is 0.385. The summed E-state index contributed by atoms with van der Waals surface area (Å²) in [5.41, 5.74) is 0.949. The molecule has 0 unspecified atom stereocenters. The quantitative estimate of drug-likeness (QED) is 0.673. The number of hydrogen-bond acceptors (Lipinski definition) is 4. The molecule has 0 spiro atoms. The fourth-order valence-corrected chi connectivity index (χ4v) is 1.43. The lowest BCUT2D eigenvalue weighted by Gasteiger charge is -2.10. The molecule has 1 aromatic rings. The summed E-state index contributed by atoms with van der Waals surface area (Å²) in [6.07, 6.45) is 2.14. The van der Waals surface area contributed by atoms with Crippen LogP contribution >= 0.6 is 11.6 Å². The van der Waals surface area contributed by atoms with Gasteiger partial charge in [-0.15, -0.1) is 0 Å². The highest BCUT2D eigenvalue weighted by Gasteiger charge is 2.28. The van der Waals surface area contributed by atoms with Gasteiger partial charge in [-0.2, -0.15) is 5.26 Å². The van der Waals surface area contributed by atoms with Crippen LogP contribution in [0.3, 0.4) is 0 Å². The summed E-state index contributed by atoms with van der Waals surface area (Å²) in [6.45, 7) is 0. The lowest BCUT2D eigenvalue weighted by Crippen LogP contribution is -2.24. The lowest BCUT2D eigenvalue weighted by molar-refractivity contribution is -0.119. The number of rotatable bonds is 3. The molecule has 96 valence electrons. The number of halogens is 1. The van der Waals surface area contributed by atoms with Gasteiger partial charge in [0.1, 0.15) is 5.78 Å². The normalized spacial score (nSPS) is 13.0. The average molecular weight is 266 g/mol. The number of benzene rings is 1. The van der Waals surface area contributed by atoms with Crippen LogP contribution in [0.1, 0.15) is 19.3 Å². The Morgan fingerprint density at radius 1 is 1.50 bits per heavy atom. The summed E-state index contributed by atoms with van der Waals surface area (Å²) in [6, 6.07) is 9.18. The molecular formula is C13H16ClN3O. The number of hydrogen-bond donors (Lipinski definition) is 1. The van der Waals surface area contributed by atoms with E-state index < -0.39 is 0 Å². The minimum Gasteiger partial charge on any atom is -0.314 e. The van der Waals surface area contributed by atoms with Gasteiger partial charge in [-0.05, 0) is 37.1 Å². The smallest absolute Gasteiger partial charge is 0.149 e. The van der Waals surface area contributed by atoms with E-state index in [0.717, 1.165) is 23.6 Å². The first-order valence-electron chi connectivity index (χ1n) is 5.68. The molecular weight excluding hydrogens is 250 g/mol. The van der Waals surface area contributed by atoms with E-state index in [1.54, 1.807) is 19.2 Å². The molecule has 18 heavy (non-hydrogen) atoms. The molecule has 0 aromatic heterocycles. The molecule has 0 atom stereocenters. The second-order valence-electron chi connectivity index (χ2n) is 4.16. The molecule has 1 aromatic carbocycles. The van der Waals surface area contributed by atoms with E-state index in [1.807, 2.05) is 18.2 Å². The van der Waals surface area contributed by atoms with Gasteiger partial charge in [-0.1, -0.05) is 11.6 Å². The van der Waals surface area contributed by atoms with Gasteiger partial charge < -0.3 is 5.01 Å². The molecule has 1 aliphatic rings. The Kier molecular flexibility index (Phi) is 5.63. The monoisotopic (exact) mass is 265 g/mol. The maximum Gasteiger partial charge on any atom is 0.149 e. The van der Waals surface area contributed by atoms with E-state index in [1.165, 1.54) is 5.01 Å². The Hall–Kier alpha value is -1.57. The molecule has 0 saturated heterocycles. The third kappa shape index (κ3) is 5.17. The molecule has 4 nitrogen and oxygen atoms in total. The van der Waals surface area contributed by atoms with Gasteiger partial charge >= 0.3 is 0 Å². The molecule has 5 heteroatoms. The molecule has 1 fully saturated rings. The van der Waals surface area contributed by atoms with Crippen LogP contribution in [0.2, 0.25) is 5.02 Å². The molecule has 2 rings (SSSR count). The van der Waals surface area contributed by atoms with Crippen LogP contribution in [-0.4, -0.2) is 12.8 Å². The lowest BCUT2D eigenvalue weighted by atomic mass is 10.2. The Bertz CT molecular complexity index is 433. The first-order chi connectivity index (χ1) is 8.54. The van der Waals surface area contributed by atoms with Crippen LogP contribution < -0.4 is 10.9 Å². The van der Waals surface area contributed by atoms with Crippen molar-refractivity contribution in [1.82, 2.24) is 0 Å². The van der Waals surface area contributed by atoms with E-state index in [4.69, 9.17) is 22.7 Å². The van der Waals surface area contributed by atoms with Crippen LogP contribution in [0, 0.1) is 17.2 Å². The third-order valence-corrected chi connectivity index (χ3v) is 2.77. The number of anilines is 1. The fourth-order valence-electron chi connectivity index (χ4n) is 1.30. The van der Waals surface area contributed by atoms with E-state index in [0.29, 0.717) is 0 Å². The summed E-state index contributed by atoms with van der Waals surface area (Å²) in [4.78, 5) is 10.6. The van der Waals surface area contributed by atoms with Crippen molar-refractivity contribution in [2.24, 2.45) is 11.8 Å². The first-order valence-corrected chi connectivity index (χ1v) is 6.06. The highest BCUT2D eigenvalue weighted by Crippen LogP contribution is 2.30. The predicted molar refractivity (Wildman–Crippen MR) is 72.0 cm³/mol. The van der Waals surface area contributed by atoms with Crippen LogP contribution in [0.25, 0.3) is 0 Å². The van der Waals surface area contributed by atoms with Crippen molar-refractivity contribution in [3.8, 4) is 6.07 Å². The largest absolute Gasteiger partial charge is 0.314 e. The Balaban J connectivity index is 0.000000184. The van der Waals surface area contributed by atoms with Crippen LogP contribution in [-0.2, 0) is 4.79 Å². The van der Waals surface area contributed by atoms with Gasteiger partial charge in [0.2, 0.25) is 0 Å². The molecule has 0 amide bonds. The number of nitriles is 1. The van der Waals surface area contributed by atoms with Gasteiger partial charge in [-0.3, -0.25) is 4.79 Å². The summed E-state index contributed by atoms with van der Waals surface area (Å²) in [5, 5.41) is 10.3. The highest BCUT2D eigenvalue weighted by atomic mass is 35.5. The Morgan fingerprint density at radius 3 is 2.44 bits per heavy atom. The maximum atomic E-state index is 10.6. The summed E-state index contributed by atoms with van der Waals surface area (Å²) < 4.78 is 0. The van der Waals surface area contributed by atoms with Gasteiger partial charge in [0.15, 0.2) is 0 Å². The predicted octanol–water partition coefficient (Wildman–Crippen LogP) is 2.53. The zero-order valence-corrected chi connectivity index (χ0v) is 11.0. The number of ketones is 1. The van der Waals surface area contributed by atoms with E-state index in [9.17, 15) is 4.79 Å². The molecule has 0 bridgehead atoms. The van der Waals surface area contributed by atoms with Gasteiger partial charge in [0.25, 0.3) is 0 Å². The van der Waals surface area contributed by atoms with Crippen molar-refractivity contribution < 1.29 is 4.79 Å². The van der Waals surface area contributed by atoms with Gasteiger partial charge in [0, 0.05) is 18.0 Å². The number of carbonyl (C=O) groups excluding carboxylic acids is 1. The zero-order valence-electron chi connectivity index (χ0n) is 10.3. The van der Waals surface area contributed by atoms with Crippen molar-refractivity contribution in [1.29, 1.82) is 5.26 Å². The summed E-state index contributed by atoms with van der Waals surface area (Å²) in [5.74, 6) is 5.84. The Morgan fingerprint density at radius 2 is 2.06 bits per heavy atom. The number of Topliss-reactive ketones (excluding diaryl/α,β-unsaturated/α-hetero) is 1. The van der Waals surface area contributed by atoms with Crippen molar-refractivity contribution in [3.63, 3.8) is 0 Å². The molecule has 0 radical (unpaired) electrons. The van der Waals surface area contributed by atoms with Gasteiger partial charge in [-0.25, -0.2) is 5.84 Å². The number of hydrazine groups is 1. The minimum absolute atomic E-state index is 0.116. The first kappa shape index (κ1) is 14.5. The van der Waals surface area contributed by atoms with E-state index in [2.05, 4.69) is 0 Å². The van der Waals surface area contributed by atoms with E-state index >= 15 is 0 Å².